The Morgan fingerprint density at radius 2 is 1.68 bits per heavy atom. The molecule has 0 aliphatic carbocycles. The van der Waals surface area contributed by atoms with Gasteiger partial charge in [0.1, 0.15) is 22.9 Å². The van der Waals surface area contributed by atoms with Gasteiger partial charge in [0.15, 0.2) is 0 Å². The van der Waals surface area contributed by atoms with E-state index in [1.165, 1.54) is 12.8 Å². The highest BCUT2D eigenvalue weighted by Gasteiger charge is 2.27. The van der Waals surface area contributed by atoms with Gasteiger partial charge in [0.25, 0.3) is 5.91 Å². The van der Waals surface area contributed by atoms with Crippen molar-refractivity contribution < 1.29 is 14.3 Å². The molecule has 2 aromatic rings. The molecule has 0 spiro atoms. The number of para-hydroxylation sites is 1. The molecule has 9 nitrogen and oxygen atoms in total. The summed E-state index contributed by atoms with van der Waals surface area (Å²) in [6, 6.07) is 16.0. The SMILES string of the molecule is N=C(/C(C(N)=O)=C(/N)NC1CCN(C(=O)/C=C/CN2CCCC2)C1)c1ccc(Oc2ccccc2)cc1. The molecule has 2 aromatic carbocycles. The van der Waals surface area contributed by atoms with Crippen molar-refractivity contribution in [2.75, 3.05) is 32.7 Å². The fraction of sp³-hybridized carbons (Fsp3) is 0.321. The molecule has 9 heteroatoms. The normalized spacial score (nSPS) is 18.6. The number of hydrogen-bond acceptors (Lipinski definition) is 7. The van der Waals surface area contributed by atoms with Crippen molar-refractivity contribution in [3.8, 4) is 11.5 Å². The molecule has 2 fully saturated rings. The molecular weight excluding hydrogens is 468 g/mol. The zero-order valence-electron chi connectivity index (χ0n) is 20.9. The van der Waals surface area contributed by atoms with Crippen molar-refractivity contribution in [2.45, 2.75) is 25.3 Å². The van der Waals surface area contributed by atoms with Gasteiger partial charge in [-0.05, 0) is 68.8 Å². The summed E-state index contributed by atoms with van der Waals surface area (Å²) in [6.07, 6.45) is 6.67. The Bertz CT molecular complexity index is 1170. The fourth-order valence-electron chi connectivity index (χ4n) is 4.59. The van der Waals surface area contributed by atoms with Gasteiger partial charge < -0.3 is 26.4 Å². The molecule has 2 saturated heterocycles. The molecule has 1 atom stereocenters. The van der Waals surface area contributed by atoms with Crippen LogP contribution in [-0.4, -0.2) is 66.1 Å². The fourth-order valence-corrected chi connectivity index (χ4v) is 4.59. The van der Waals surface area contributed by atoms with Crippen molar-refractivity contribution in [2.24, 2.45) is 11.5 Å². The maximum atomic E-state index is 12.6. The van der Waals surface area contributed by atoms with E-state index >= 15 is 0 Å². The molecule has 6 N–H and O–H groups in total. The number of carbonyl (C=O) groups excluding carboxylic acids is 2. The molecular formula is C28H34N6O3. The highest BCUT2D eigenvalue weighted by Crippen LogP contribution is 2.22. The van der Waals surface area contributed by atoms with Crippen LogP contribution < -0.4 is 21.5 Å². The number of nitrogens with one attached hydrogen (secondary N) is 2. The minimum atomic E-state index is -0.796. The number of likely N-dealkylation sites (tertiary alicyclic amines) is 2. The van der Waals surface area contributed by atoms with Crippen LogP contribution in [0.4, 0.5) is 0 Å². The Balaban J connectivity index is 1.35. The monoisotopic (exact) mass is 502 g/mol. The molecule has 4 rings (SSSR count). The van der Waals surface area contributed by atoms with Gasteiger partial charge in [-0.25, -0.2) is 0 Å². The summed E-state index contributed by atoms with van der Waals surface area (Å²) in [7, 11) is 0. The number of benzene rings is 2. The van der Waals surface area contributed by atoms with Gasteiger partial charge in [-0.15, -0.1) is 0 Å². The largest absolute Gasteiger partial charge is 0.457 e. The van der Waals surface area contributed by atoms with Crippen LogP contribution in [0.3, 0.4) is 0 Å². The highest BCUT2D eigenvalue weighted by molar-refractivity contribution is 6.26. The third-order valence-electron chi connectivity index (χ3n) is 6.57. The summed E-state index contributed by atoms with van der Waals surface area (Å²) in [5, 5.41) is 11.7. The number of amides is 2. The maximum Gasteiger partial charge on any atom is 0.254 e. The van der Waals surface area contributed by atoms with E-state index in [0.717, 1.165) is 19.6 Å². The first-order valence-electron chi connectivity index (χ1n) is 12.6. The van der Waals surface area contributed by atoms with Gasteiger partial charge in [-0.2, -0.15) is 0 Å². The van der Waals surface area contributed by atoms with Crippen LogP contribution in [0.5, 0.6) is 11.5 Å². The number of hydrogen-bond donors (Lipinski definition) is 4. The summed E-state index contributed by atoms with van der Waals surface area (Å²) in [6.45, 7) is 4.01. The second kappa shape index (κ2) is 12.2. The second-order valence-corrected chi connectivity index (χ2v) is 9.29. The van der Waals surface area contributed by atoms with Crippen LogP contribution in [0, 0.1) is 5.41 Å². The molecule has 2 amide bonds. The van der Waals surface area contributed by atoms with Gasteiger partial charge in [0, 0.05) is 37.3 Å². The quantitative estimate of drug-likeness (QED) is 0.291. The van der Waals surface area contributed by atoms with Crippen LogP contribution in [0.15, 0.2) is 78.1 Å². The Morgan fingerprint density at radius 3 is 2.35 bits per heavy atom. The molecule has 0 aromatic heterocycles. The lowest BCUT2D eigenvalue weighted by atomic mass is 10.0. The van der Waals surface area contributed by atoms with Crippen LogP contribution in [-0.2, 0) is 9.59 Å². The average Bonchev–Trinajstić information content (AvgIpc) is 3.57. The van der Waals surface area contributed by atoms with E-state index in [0.29, 0.717) is 36.6 Å². The van der Waals surface area contributed by atoms with Crippen molar-refractivity contribution in [3.63, 3.8) is 0 Å². The predicted molar refractivity (Wildman–Crippen MR) is 143 cm³/mol. The zero-order chi connectivity index (χ0) is 26.2. The van der Waals surface area contributed by atoms with Crippen LogP contribution >= 0.6 is 0 Å². The lowest BCUT2D eigenvalue weighted by Crippen LogP contribution is -2.39. The van der Waals surface area contributed by atoms with Gasteiger partial charge in [-0.3, -0.25) is 19.9 Å². The Labute approximate surface area is 217 Å². The predicted octanol–water partition coefficient (Wildman–Crippen LogP) is 2.34. The van der Waals surface area contributed by atoms with E-state index in [1.54, 1.807) is 35.2 Å². The van der Waals surface area contributed by atoms with Gasteiger partial charge in [0.05, 0.1) is 5.71 Å². The number of nitrogens with zero attached hydrogens (tertiary/aromatic N) is 2. The lowest BCUT2D eigenvalue weighted by molar-refractivity contribution is -0.125. The molecule has 0 saturated carbocycles. The van der Waals surface area contributed by atoms with Crippen molar-refractivity contribution >= 4 is 17.5 Å². The van der Waals surface area contributed by atoms with E-state index in [9.17, 15) is 9.59 Å². The standard InChI is InChI=1S/C28H34N6O3/c29-26(20-10-12-23(13-11-20)37-22-7-2-1-3-8-22)25(28(31)36)27(30)32-21-14-18-34(19-21)24(35)9-6-17-33-15-4-5-16-33/h1-3,6-13,21,29,32H,4-5,14-19,30H2,(H2,31,36)/b9-6+,27-25+,29-26?. The van der Waals surface area contributed by atoms with Crippen molar-refractivity contribution in [1.82, 2.24) is 15.1 Å². The number of carbonyl (C=O) groups is 2. The highest BCUT2D eigenvalue weighted by atomic mass is 16.5. The molecule has 1 unspecified atom stereocenters. The van der Waals surface area contributed by atoms with E-state index < -0.39 is 5.91 Å². The van der Waals surface area contributed by atoms with Crippen LogP contribution in [0.2, 0.25) is 0 Å². The third kappa shape index (κ3) is 6.98. The first kappa shape index (κ1) is 26.0. The molecule has 2 aliphatic rings. The van der Waals surface area contributed by atoms with Gasteiger partial charge in [-0.1, -0.05) is 24.3 Å². The number of nitrogens with two attached hydrogens (primary N) is 2. The first-order valence-corrected chi connectivity index (χ1v) is 12.6. The van der Waals surface area contributed by atoms with E-state index in [2.05, 4.69) is 10.2 Å². The minimum Gasteiger partial charge on any atom is -0.457 e. The lowest BCUT2D eigenvalue weighted by Gasteiger charge is -2.19. The minimum absolute atomic E-state index is 0.0333. The van der Waals surface area contributed by atoms with E-state index in [1.807, 2.05) is 36.4 Å². The molecule has 2 aliphatic heterocycles. The Kier molecular flexibility index (Phi) is 8.58. The summed E-state index contributed by atoms with van der Waals surface area (Å²) in [5.41, 5.74) is 12.1. The number of rotatable bonds is 10. The summed E-state index contributed by atoms with van der Waals surface area (Å²) in [5.74, 6) is 0.499. The summed E-state index contributed by atoms with van der Waals surface area (Å²) in [4.78, 5) is 28.9. The molecule has 194 valence electrons. The maximum absolute atomic E-state index is 12.6. The number of primary amides is 1. The van der Waals surface area contributed by atoms with E-state index in [-0.39, 0.29) is 29.1 Å². The molecule has 0 radical (unpaired) electrons. The molecule has 37 heavy (non-hydrogen) atoms. The molecule has 2 heterocycles. The zero-order valence-corrected chi connectivity index (χ0v) is 20.9. The van der Waals surface area contributed by atoms with Gasteiger partial charge in [0.2, 0.25) is 5.91 Å². The Morgan fingerprint density at radius 1 is 1.00 bits per heavy atom. The van der Waals surface area contributed by atoms with Crippen molar-refractivity contribution in [1.29, 1.82) is 5.41 Å². The topological polar surface area (TPSA) is 138 Å². The van der Waals surface area contributed by atoms with Crippen LogP contribution in [0.25, 0.3) is 0 Å². The smallest absolute Gasteiger partial charge is 0.254 e. The number of ether oxygens (including phenoxy) is 1. The van der Waals surface area contributed by atoms with E-state index in [4.69, 9.17) is 21.6 Å². The third-order valence-corrected chi connectivity index (χ3v) is 6.57. The summed E-state index contributed by atoms with van der Waals surface area (Å²) >= 11 is 0. The van der Waals surface area contributed by atoms with Crippen molar-refractivity contribution in [3.05, 3.63) is 83.7 Å². The Hall–Kier alpha value is -4.11. The average molecular weight is 503 g/mol. The first-order chi connectivity index (χ1) is 17.9. The van der Waals surface area contributed by atoms with Gasteiger partial charge >= 0.3 is 0 Å². The summed E-state index contributed by atoms with van der Waals surface area (Å²) < 4.78 is 5.79. The molecule has 0 bridgehead atoms. The second-order valence-electron chi connectivity index (χ2n) is 9.29. The van der Waals surface area contributed by atoms with Crippen LogP contribution in [0.1, 0.15) is 24.8 Å².